The molecule has 0 amide bonds. The average molecular weight is 672 g/mol. The van der Waals surface area contributed by atoms with Crippen LogP contribution in [0.5, 0.6) is 6.01 Å². The van der Waals surface area contributed by atoms with E-state index in [4.69, 9.17) is 21.7 Å². The zero-order valence-corrected chi connectivity index (χ0v) is 26.8. The molecule has 5 aromatic rings. The first-order valence-electron chi connectivity index (χ1n) is 14.1. The number of carboxylic acids is 2. The number of hydrogen-bond acceptors (Lipinski definition) is 18. The average Bonchev–Trinajstić information content (AvgIpc) is 3.55. The lowest BCUT2D eigenvalue weighted by atomic mass is 9.91. The SMILES string of the molecule is CC(C)(C)c1nn(-c2nc(O)nc(-n3nc(C(C)(C)C)c(N=Nc4cnc(C(=O)O)cn4)c3N)n2)c(N)c1N=Nc1cnc(C(=O)O)cn1. The maximum Gasteiger partial charge on any atom is 0.356 e. The van der Waals surface area contributed by atoms with Crippen molar-refractivity contribution in [1.82, 2.24) is 54.4 Å². The van der Waals surface area contributed by atoms with E-state index in [0.29, 0.717) is 11.4 Å². The Hall–Kier alpha value is -6.87. The predicted molar refractivity (Wildman–Crippen MR) is 168 cm³/mol. The van der Waals surface area contributed by atoms with Crippen molar-refractivity contribution in [3.8, 4) is 17.9 Å². The highest BCUT2D eigenvalue weighted by atomic mass is 16.4. The fourth-order valence-electron chi connectivity index (χ4n) is 4.06. The maximum absolute atomic E-state index is 11.1. The number of hydrogen-bond donors (Lipinski definition) is 5. The normalized spacial score (nSPS) is 12.3. The van der Waals surface area contributed by atoms with E-state index >= 15 is 0 Å². The first-order valence-corrected chi connectivity index (χ1v) is 14.1. The lowest BCUT2D eigenvalue weighted by Crippen LogP contribution is -2.16. The van der Waals surface area contributed by atoms with Crippen LogP contribution in [0.15, 0.2) is 45.2 Å². The lowest BCUT2D eigenvalue weighted by molar-refractivity contribution is 0.0679. The molecule has 0 bridgehead atoms. The van der Waals surface area contributed by atoms with Crippen LogP contribution < -0.4 is 11.5 Å². The molecular weight excluding hydrogens is 642 g/mol. The van der Waals surface area contributed by atoms with Gasteiger partial charge in [-0.3, -0.25) is 0 Å². The van der Waals surface area contributed by atoms with Crippen LogP contribution in [0.1, 0.15) is 73.9 Å². The standard InChI is InChI=1S/C27H29N17O5/c1-26(2,3)17-15(39-37-13-9-30-11(7-32-13)21(45)46)19(28)43(41-17)23-34-24(36-25(49)35-23)44-20(29)16(18(42-44)27(4,5)6)40-38-14-10-31-12(8-33-14)22(47)48/h7-10H,28-29H2,1-6H3,(H,45,46)(H,47,48)(H,34,35,36,49). The van der Waals surface area contributed by atoms with E-state index in [9.17, 15) is 14.7 Å². The van der Waals surface area contributed by atoms with E-state index in [1.807, 2.05) is 41.5 Å². The van der Waals surface area contributed by atoms with Gasteiger partial charge in [-0.25, -0.2) is 29.5 Å². The zero-order chi connectivity index (χ0) is 35.8. The van der Waals surface area contributed by atoms with Crippen LogP contribution in [-0.4, -0.2) is 81.7 Å². The predicted octanol–water partition coefficient (Wildman–Crippen LogP) is 3.52. The van der Waals surface area contributed by atoms with E-state index in [-0.39, 0.29) is 57.9 Å². The molecule has 0 unspecified atom stereocenters. The Kier molecular flexibility index (Phi) is 8.47. The Labute approximate surface area is 275 Å². The molecule has 22 heteroatoms. The summed E-state index contributed by atoms with van der Waals surface area (Å²) in [5.74, 6) is -3.03. The van der Waals surface area contributed by atoms with Crippen LogP contribution in [0.3, 0.4) is 0 Å². The third-order valence-corrected chi connectivity index (χ3v) is 6.41. The Balaban J connectivity index is 1.58. The van der Waals surface area contributed by atoms with Gasteiger partial charge in [-0.15, -0.1) is 20.5 Å². The molecule has 0 aliphatic carbocycles. The molecule has 0 aliphatic rings. The summed E-state index contributed by atoms with van der Waals surface area (Å²) in [6.07, 6.45) is 4.35. The van der Waals surface area contributed by atoms with Crippen molar-refractivity contribution in [2.75, 3.05) is 11.5 Å². The second-order valence-electron chi connectivity index (χ2n) is 12.3. The number of azo groups is 2. The zero-order valence-electron chi connectivity index (χ0n) is 26.8. The maximum atomic E-state index is 11.1. The molecule has 0 atom stereocenters. The van der Waals surface area contributed by atoms with Crippen molar-refractivity contribution in [2.45, 2.75) is 52.4 Å². The Bertz CT molecular complexity index is 1980. The number of rotatable bonds is 8. The van der Waals surface area contributed by atoms with Gasteiger partial charge in [0.25, 0.3) is 11.9 Å². The minimum Gasteiger partial charge on any atom is -0.479 e. The Morgan fingerprint density at radius 3 is 1.33 bits per heavy atom. The number of carboxylic acid groups (broad SMARTS) is 2. The van der Waals surface area contributed by atoms with Gasteiger partial charge in [-0.2, -0.15) is 34.5 Å². The third kappa shape index (κ3) is 6.96. The molecule has 0 fully saturated rings. The van der Waals surface area contributed by atoms with Crippen LogP contribution in [0.4, 0.5) is 34.6 Å². The second-order valence-corrected chi connectivity index (χ2v) is 12.3. The van der Waals surface area contributed by atoms with Gasteiger partial charge in [0.2, 0.25) is 0 Å². The molecular formula is C27H29N17O5. The van der Waals surface area contributed by atoms with E-state index < -0.39 is 28.8 Å². The third-order valence-electron chi connectivity index (χ3n) is 6.41. The van der Waals surface area contributed by atoms with Crippen LogP contribution >= 0.6 is 0 Å². The monoisotopic (exact) mass is 671 g/mol. The number of aromatic carboxylic acids is 2. The van der Waals surface area contributed by atoms with Gasteiger partial charge in [0.1, 0.15) is 0 Å². The molecule has 5 rings (SSSR count). The summed E-state index contributed by atoms with van der Waals surface area (Å²) in [6.45, 7) is 11.1. The van der Waals surface area contributed by atoms with Gasteiger partial charge < -0.3 is 26.8 Å². The minimum absolute atomic E-state index is 0.0122. The van der Waals surface area contributed by atoms with Crippen LogP contribution in [-0.2, 0) is 10.8 Å². The highest BCUT2D eigenvalue weighted by molar-refractivity contribution is 5.85. The van der Waals surface area contributed by atoms with Gasteiger partial charge in [-0.1, -0.05) is 41.5 Å². The van der Waals surface area contributed by atoms with E-state index in [1.165, 1.54) is 0 Å². The first-order chi connectivity index (χ1) is 22.9. The van der Waals surface area contributed by atoms with Crippen LogP contribution in [0, 0.1) is 0 Å². The second kappa shape index (κ2) is 12.4. The Morgan fingerprint density at radius 2 is 1.02 bits per heavy atom. The number of nitrogens with zero attached hydrogens (tertiary/aromatic N) is 15. The summed E-state index contributed by atoms with van der Waals surface area (Å²) in [5, 5.41) is 54.3. The first kappa shape index (κ1) is 33.5. The summed E-state index contributed by atoms with van der Waals surface area (Å²) in [6, 6.07) is -0.714. The number of anilines is 2. The quantitative estimate of drug-likeness (QED) is 0.147. The number of nitrogens with two attached hydrogens (primary N) is 2. The van der Waals surface area contributed by atoms with Crippen molar-refractivity contribution in [1.29, 1.82) is 0 Å². The number of carbonyl (C=O) groups is 2. The lowest BCUT2D eigenvalue weighted by Gasteiger charge is -2.15. The number of nitrogen functional groups attached to an aromatic ring is 2. The molecule has 22 nitrogen and oxygen atoms in total. The highest BCUT2D eigenvalue weighted by Crippen LogP contribution is 2.39. The van der Waals surface area contributed by atoms with Gasteiger partial charge in [0.15, 0.2) is 46.0 Å². The largest absolute Gasteiger partial charge is 0.479 e. The van der Waals surface area contributed by atoms with Gasteiger partial charge in [0, 0.05) is 10.8 Å². The molecule has 0 radical (unpaired) electrons. The highest BCUT2D eigenvalue weighted by Gasteiger charge is 2.30. The molecule has 0 saturated carbocycles. The van der Waals surface area contributed by atoms with Gasteiger partial charge in [-0.05, 0) is 0 Å². The summed E-state index contributed by atoms with van der Waals surface area (Å²) in [4.78, 5) is 50.0. The molecule has 5 aromatic heterocycles. The van der Waals surface area contributed by atoms with Crippen molar-refractivity contribution in [2.24, 2.45) is 20.5 Å². The molecule has 0 spiro atoms. The fourth-order valence-corrected chi connectivity index (χ4v) is 4.06. The molecule has 252 valence electrons. The van der Waals surface area contributed by atoms with E-state index in [0.717, 1.165) is 34.2 Å². The number of aromatic hydroxyl groups is 1. The Morgan fingerprint density at radius 1 is 0.633 bits per heavy atom. The van der Waals surface area contributed by atoms with E-state index in [2.05, 4.69) is 65.5 Å². The summed E-state index contributed by atoms with van der Waals surface area (Å²) < 4.78 is 2.26. The van der Waals surface area contributed by atoms with Gasteiger partial charge >= 0.3 is 17.9 Å². The van der Waals surface area contributed by atoms with Crippen molar-refractivity contribution in [3.63, 3.8) is 0 Å². The van der Waals surface area contributed by atoms with Crippen LogP contribution in [0.2, 0.25) is 0 Å². The molecule has 5 heterocycles. The number of aromatic nitrogens is 11. The van der Waals surface area contributed by atoms with Crippen molar-refractivity contribution < 1.29 is 24.9 Å². The summed E-state index contributed by atoms with van der Waals surface area (Å²) in [5.41, 5.74) is 12.2. The molecule has 7 N–H and O–H groups in total. The fraction of sp³-hybridized carbons (Fsp3) is 0.296. The smallest absolute Gasteiger partial charge is 0.356 e. The van der Waals surface area contributed by atoms with Crippen molar-refractivity contribution in [3.05, 3.63) is 47.6 Å². The summed E-state index contributed by atoms with van der Waals surface area (Å²) in [7, 11) is 0. The molecule has 0 aliphatic heterocycles. The minimum atomic E-state index is -1.25. The van der Waals surface area contributed by atoms with Crippen molar-refractivity contribution >= 4 is 46.6 Å². The topological polar surface area (TPSA) is 322 Å². The molecule has 49 heavy (non-hydrogen) atoms. The molecule has 0 saturated heterocycles. The van der Waals surface area contributed by atoms with E-state index in [1.54, 1.807) is 0 Å². The van der Waals surface area contributed by atoms with Crippen LogP contribution in [0.25, 0.3) is 11.9 Å². The summed E-state index contributed by atoms with van der Waals surface area (Å²) >= 11 is 0. The van der Waals surface area contributed by atoms with Gasteiger partial charge in [0.05, 0.1) is 36.2 Å². The molecule has 0 aromatic carbocycles.